The highest BCUT2D eigenvalue weighted by atomic mass is 32.1. The Labute approximate surface area is 108 Å². The Bertz CT molecular complexity index is 430. The van der Waals surface area contributed by atoms with Crippen LogP contribution >= 0.6 is 12.6 Å². The third kappa shape index (κ3) is 3.40. The number of methoxy groups -OCH3 is 1. The molecule has 1 N–H and O–H groups in total. The lowest BCUT2D eigenvalue weighted by molar-refractivity contribution is 0.261. The topological polar surface area (TPSA) is 38.3 Å². The van der Waals surface area contributed by atoms with Crippen LogP contribution in [0.1, 0.15) is 22.3 Å². The van der Waals surface area contributed by atoms with Crippen molar-refractivity contribution in [2.75, 3.05) is 13.7 Å². The summed E-state index contributed by atoms with van der Waals surface area (Å²) in [5.41, 5.74) is 4.76. The molecule has 1 aromatic rings. The van der Waals surface area contributed by atoms with E-state index >= 15 is 0 Å². The molecule has 0 radical (unpaired) electrons. The number of hydrogen-bond acceptors (Lipinski definition) is 2. The predicted molar refractivity (Wildman–Crippen MR) is 73.3 cm³/mol. The second-order valence-electron chi connectivity index (χ2n) is 4.12. The minimum Gasteiger partial charge on any atom is -0.496 e. The number of thiol groups is 1. The summed E-state index contributed by atoms with van der Waals surface area (Å²) < 4.78 is 5.37. The van der Waals surface area contributed by atoms with Crippen LogP contribution in [-0.2, 0) is 6.42 Å². The van der Waals surface area contributed by atoms with Crippen LogP contribution in [0.2, 0.25) is 0 Å². The standard InChI is InChI=1S/C13H19NO2S/c1-8-7-11(5-6-14-13(15)17)9(2)10(3)12(8)16-4/h7H,5-6H2,1-4H3,(H2,14,15,17). The molecule has 0 aliphatic carbocycles. The van der Waals surface area contributed by atoms with E-state index in [2.05, 4.69) is 37.9 Å². The summed E-state index contributed by atoms with van der Waals surface area (Å²) in [5, 5.41) is 2.40. The molecule has 1 amide bonds. The molecule has 0 spiro atoms. The molecule has 0 atom stereocenters. The molecule has 1 rings (SSSR count). The van der Waals surface area contributed by atoms with Crippen LogP contribution in [0, 0.1) is 20.8 Å². The molecule has 0 aromatic heterocycles. The van der Waals surface area contributed by atoms with E-state index in [4.69, 9.17) is 4.74 Å². The van der Waals surface area contributed by atoms with Crippen molar-refractivity contribution in [2.24, 2.45) is 0 Å². The Hall–Kier alpha value is -1.16. The molecule has 94 valence electrons. The van der Waals surface area contributed by atoms with Gasteiger partial charge in [-0.1, -0.05) is 18.7 Å². The number of aryl methyl sites for hydroxylation is 1. The van der Waals surface area contributed by atoms with Crippen LogP contribution in [0.4, 0.5) is 4.79 Å². The van der Waals surface area contributed by atoms with Crippen molar-refractivity contribution < 1.29 is 9.53 Å². The zero-order valence-corrected chi connectivity index (χ0v) is 11.6. The third-order valence-corrected chi connectivity index (χ3v) is 3.17. The lowest BCUT2D eigenvalue weighted by atomic mass is 9.96. The second-order valence-corrected chi connectivity index (χ2v) is 4.52. The molecule has 1 aromatic carbocycles. The van der Waals surface area contributed by atoms with E-state index in [0.29, 0.717) is 6.54 Å². The molecular weight excluding hydrogens is 234 g/mol. The quantitative estimate of drug-likeness (QED) is 0.810. The maximum Gasteiger partial charge on any atom is 0.275 e. The molecule has 0 bridgehead atoms. The normalized spacial score (nSPS) is 10.2. The van der Waals surface area contributed by atoms with Crippen LogP contribution in [0.15, 0.2) is 6.07 Å². The van der Waals surface area contributed by atoms with Gasteiger partial charge in [0.05, 0.1) is 7.11 Å². The number of rotatable bonds is 4. The van der Waals surface area contributed by atoms with Crippen molar-refractivity contribution in [3.05, 3.63) is 28.3 Å². The lowest BCUT2D eigenvalue weighted by Gasteiger charge is -2.15. The van der Waals surface area contributed by atoms with E-state index in [-0.39, 0.29) is 5.24 Å². The zero-order valence-electron chi connectivity index (χ0n) is 10.8. The number of ether oxygens (including phenoxy) is 1. The molecule has 4 heteroatoms. The number of carbonyl (C=O) groups is 1. The van der Waals surface area contributed by atoms with Gasteiger partial charge in [0.25, 0.3) is 5.24 Å². The average molecular weight is 253 g/mol. The summed E-state index contributed by atoms with van der Waals surface area (Å²) in [7, 11) is 1.69. The van der Waals surface area contributed by atoms with E-state index < -0.39 is 0 Å². The highest BCUT2D eigenvalue weighted by Gasteiger charge is 2.10. The first-order valence-electron chi connectivity index (χ1n) is 5.57. The Morgan fingerprint density at radius 1 is 1.35 bits per heavy atom. The fourth-order valence-electron chi connectivity index (χ4n) is 2.02. The fourth-order valence-corrected chi connectivity index (χ4v) is 2.13. The molecule has 0 fully saturated rings. The van der Waals surface area contributed by atoms with Gasteiger partial charge in [-0.05, 0) is 49.4 Å². The minimum absolute atomic E-state index is 0.287. The van der Waals surface area contributed by atoms with Gasteiger partial charge in [0.2, 0.25) is 0 Å². The van der Waals surface area contributed by atoms with Crippen molar-refractivity contribution >= 4 is 17.9 Å². The van der Waals surface area contributed by atoms with Gasteiger partial charge in [0, 0.05) is 6.54 Å². The van der Waals surface area contributed by atoms with Gasteiger partial charge in [-0.15, -0.1) is 0 Å². The van der Waals surface area contributed by atoms with Gasteiger partial charge < -0.3 is 10.1 Å². The maximum atomic E-state index is 10.7. The lowest BCUT2D eigenvalue weighted by Crippen LogP contribution is -2.20. The first-order valence-corrected chi connectivity index (χ1v) is 6.02. The van der Waals surface area contributed by atoms with Crippen molar-refractivity contribution in [2.45, 2.75) is 27.2 Å². The van der Waals surface area contributed by atoms with E-state index in [1.807, 2.05) is 6.92 Å². The summed E-state index contributed by atoms with van der Waals surface area (Å²) in [6.07, 6.45) is 0.809. The predicted octanol–water partition coefficient (Wildman–Crippen LogP) is 2.80. The SMILES string of the molecule is COc1c(C)cc(CCNC(=O)S)c(C)c1C. The molecule has 0 aliphatic heterocycles. The van der Waals surface area contributed by atoms with Crippen LogP contribution < -0.4 is 10.1 Å². The molecular formula is C13H19NO2S. The van der Waals surface area contributed by atoms with Gasteiger partial charge in [-0.2, -0.15) is 0 Å². The van der Waals surface area contributed by atoms with Crippen molar-refractivity contribution in [3.63, 3.8) is 0 Å². The van der Waals surface area contributed by atoms with E-state index in [1.165, 1.54) is 16.7 Å². The second kappa shape index (κ2) is 5.96. The monoisotopic (exact) mass is 253 g/mol. The Morgan fingerprint density at radius 2 is 2.00 bits per heavy atom. The van der Waals surface area contributed by atoms with Gasteiger partial charge in [0.1, 0.15) is 5.75 Å². The molecule has 3 nitrogen and oxygen atoms in total. The number of nitrogens with one attached hydrogen (secondary N) is 1. The molecule has 17 heavy (non-hydrogen) atoms. The average Bonchev–Trinajstić information content (AvgIpc) is 2.25. The smallest absolute Gasteiger partial charge is 0.275 e. The van der Waals surface area contributed by atoms with Crippen molar-refractivity contribution in [3.8, 4) is 5.75 Å². The molecule has 0 heterocycles. The number of carbonyl (C=O) groups excluding carboxylic acids is 1. The summed E-state index contributed by atoms with van der Waals surface area (Å²) in [5.74, 6) is 0.949. The van der Waals surface area contributed by atoms with E-state index in [9.17, 15) is 4.79 Å². The number of benzene rings is 1. The first-order chi connectivity index (χ1) is 7.97. The van der Waals surface area contributed by atoms with E-state index in [1.54, 1.807) is 7.11 Å². The van der Waals surface area contributed by atoms with Gasteiger partial charge in [0.15, 0.2) is 0 Å². The Kier molecular flexibility index (Phi) is 4.87. The largest absolute Gasteiger partial charge is 0.496 e. The summed E-state index contributed by atoms with van der Waals surface area (Å²) in [6.45, 7) is 6.78. The summed E-state index contributed by atoms with van der Waals surface area (Å²) in [4.78, 5) is 10.7. The fraction of sp³-hybridized carbons (Fsp3) is 0.462. The summed E-state index contributed by atoms with van der Waals surface area (Å²) >= 11 is 3.67. The maximum absolute atomic E-state index is 10.7. The van der Waals surface area contributed by atoms with Crippen LogP contribution in [0.25, 0.3) is 0 Å². The highest BCUT2D eigenvalue weighted by Crippen LogP contribution is 2.28. The highest BCUT2D eigenvalue weighted by molar-refractivity contribution is 7.96. The van der Waals surface area contributed by atoms with Crippen LogP contribution in [-0.4, -0.2) is 18.9 Å². The molecule has 0 saturated carbocycles. The van der Waals surface area contributed by atoms with Gasteiger partial charge >= 0.3 is 0 Å². The number of hydrogen-bond donors (Lipinski definition) is 2. The Balaban J connectivity index is 2.90. The van der Waals surface area contributed by atoms with E-state index in [0.717, 1.165) is 17.7 Å². The molecule has 0 unspecified atom stereocenters. The summed E-state index contributed by atoms with van der Waals surface area (Å²) in [6, 6.07) is 2.12. The van der Waals surface area contributed by atoms with Crippen molar-refractivity contribution in [1.82, 2.24) is 5.32 Å². The zero-order chi connectivity index (χ0) is 13.0. The minimum atomic E-state index is -0.287. The molecule has 0 saturated heterocycles. The number of amides is 1. The van der Waals surface area contributed by atoms with Crippen LogP contribution in [0.3, 0.4) is 0 Å². The third-order valence-electron chi connectivity index (χ3n) is 3.01. The first kappa shape index (κ1) is 13.9. The van der Waals surface area contributed by atoms with Gasteiger partial charge in [-0.25, -0.2) is 0 Å². The molecule has 0 aliphatic rings. The Morgan fingerprint density at radius 3 is 2.53 bits per heavy atom. The van der Waals surface area contributed by atoms with Crippen molar-refractivity contribution in [1.29, 1.82) is 0 Å². The van der Waals surface area contributed by atoms with Gasteiger partial charge in [-0.3, -0.25) is 4.79 Å². The van der Waals surface area contributed by atoms with Crippen LogP contribution in [0.5, 0.6) is 5.75 Å².